The molecule has 0 saturated carbocycles. The van der Waals surface area contributed by atoms with Crippen LogP contribution >= 0.6 is 23.5 Å². The minimum absolute atomic E-state index is 0.0609. The Hall–Kier alpha value is -6.34. The van der Waals surface area contributed by atoms with Crippen LogP contribution in [-0.4, -0.2) is 145 Å². The number of nitrogens with one attached hydrogen (secondary N) is 2. The van der Waals surface area contributed by atoms with Gasteiger partial charge in [0, 0.05) is 63.6 Å². The van der Waals surface area contributed by atoms with Gasteiger partial charge in [-0.3, -0.25) is 38.4 Å². The third-order valence-corrected chi connectivity index (χ3v) is 14.1. The molecule has 1 saturated heterocycles. The summed E-state index contributed by atoms with van der Waals surface area (Å²) in [6, 6.07) is -2.27. The summed E-state index contributed by atoms with van der Waals surface area (Å²) in [6.07, 6.45) is 58.3. The van der Waals surface area contributed by atoms with Crippen LogP contribution < -0.4 is 10.6 Å². The van der Waals surface area contributed by atoms with Crippen LogP contribution in [0.15, 0.2) is 146 Å². The lowest BCUT2D eigenvalue weighted by molar-refractivity contribution is -0.144. The zero-order valence-electron chi connectivity index (χ0n) is 51.8. The van der Waals surface area contributed by atoms with E-state index in [2.05, 4.69) is 111 Å². The molecule has 1 fully saturated rings. The van der Waals surface area contributed by atoms with Crippen molar-refractivity contribution in [3.63, 3.8) is 0 Å². The van der Waals surface area contributed by atoms with E-state index >= 15 is 0 Å². The van der Waals surface area contributed by atoms with Crippen molar-refractivity contribution in [3.8, 4) is 0 Å². The van der Waals surface area contributed by atoms with Gasteiger partial charge in [-0.15, -0.1) is 0 Å². The molecule has 1 rings (SSSR count). The van der Waals surface area contributed by atoms with Crippen molar-refractivity contribution in [2.24, 2.45) is 0 Å². The SMILES string of the molecule is CC/C=C\C/C=C\C/C=C\COC(=O)CCN(CCSC(=O)CC1NC(=O)C(CC(=O)SCCN(CCC(=O)OC/C=C\C/C=C\C/C=C\CC)CCC(=O)OC/C=C\C/C=C\C/C=C\CC)NC1=O)CCC(=O)OC/C=C\C/C=C\C/C=C\CC. The van der Waals surface area contributed by atoms with Crippen LogP contribution in [0.25, 0.3) is 0 Å². The fourth-order valence-corrected chi connectivity index (χ4v) is 9.34. The molecule has 0 spiro atoms. The molecule has 0 aromatic heterocycles. The smallest absolute Gasteiger partial charge is 0.307 e. The fraction of sp³-hybridized carbons (Fsp3) is 0.529. The number of piperazine rings is 1. The Morgan fingerprint density at radius 3 is 0.802 bits per heavy atom. The lowest BCUT2D eigenvalue weighted by atomic mass is 10.1. The van der Waals surface area contributed by atoms with Crippen LogP contribution in [0, 0.1) is 0 Å². The van der Waals surface area contributed by atoms with Gasteiger partial charge in [0.25, 0.3) is 0 Å². The predicted molar refractivity (Wildman–Crippen MR) is 351 cm³/mol. The van der Waals surface area contributed by atoms with Crippen molar-refractivity contribution in [2.75, 3.05) is 77.2 Å². The van der Waals surface area contributed by atoms with E-state index in [4.69, 9.17) is 18.9 Å². The Balaban J connectivity index is 2.76. The zero-order chi connectivity index (χ0) is 62.8. The molecule has 0 aromatic rings. The molecule has 0 bridgehead atoms. The number of carbonyl (C=O) groups excluding carboxylic acids is 8. The molecule has 0 aromatic carbocycles. The van der Waals surface area contributed by atoms with Crippen LogP contribution in [0.2, 0.25) is 0 Å². The standard InChI is InChI=1S/C68H100N4O12S2/c1-5-9-13-17-21-25-29-33-37-51-81-61(73)41-45-71(46-42-62(74)82-52-38-34-30-26-22-18-14-10-6-2)49-55-85-65(77)57-59-67(79)70-60(68(80)69-59)58-66(78)86-56-50-72(47-43-63(75)83-53-39-35-31-27-23-19-15-11-7-3)48-44-64(76)84-54-40-36-32-28-24-20-16-12-8-4/h9-16,21-28,33-40,59-60H,5-8,17-20,29-32,41-58H2,1-4H3,(H,69,80)(H,70,79)/b13-9-,14-10-,15-11-,16-12-,25-21-,26-22-,27-23-,28-24-,37-33-,38-34-,39-35-,40-36-. The van der Waals surface area contributed by atoms with Gasteiger partial charge in [0.2, 0.25) is 11.8 Å². The summed E-state index contributed by atoms with van der Waals surface area (Å²) < 4.78 is 21.6. The molecular weight excluding hydrogens is 1130 g/mol. The van der Waals surface area contributed by atoms with Crippen LogP contribution in [0.4, 0.5) is 0 Å². The van der Waals surface area contributed by atoms with Gasteiger partial charge in [0.15, 0.2) is 10.2 Å². The molecule has 0 radical (unpaired) electrons. The quantitative estimate of drug-likeness (QED) is 0.0330. The van der Waals surface area contributed by atoms with Crippen molar-refractivity contribution in [2.45, 2.75) is 155 Å². The van der Waals surface area contributed by atoms with E-state index in [1.165, 1.54) is 0 Å². The van der Waals surface area contributed by atoms with E-state index in [9.17, 15) is 38.4 Å². The van der Waals surface area contributed by atoms with E-state index in [0.29, 0.717) is 13.1 Å². The first kappa shape index (κ1) is 77.7. The Labute approximate surface area is 523 Å². The minimum Gasteiger partial charge on any atom is -0.461 e. The van der Waals surface area contributed by atoms with Gasteiger partial charge in [-0.05, 0) is 77.0 Å². The summed E-state index contributed by atoms with van der Waals surface area (Å²) in [4.78, 5) is 107. The highest BCUT2D eigenvalue weighted by atomic mass is 32.2. The summed E-state index contributed by atoms with van der Waals surface area (Å²) in [6.45, 7) is 10.6. The highest BCUT2D eigenvalue weighted by Gasteiger charge is 2.36. The Kier molecular flexibility index (Phi) is 51.0. The molecule has 2 unspecified atom stereocenters. The van der Waals surface area contributed by atoms with Crippen molar-refractivity contribution in [1.29, 1.82) is 0 Å². The number of rotatable bonds is 50. The van der Waals surface area contributed by atoms with Gasteiger partial charge >= 0.3 is 23.9 Å². The lowest BCUT2D eigenvalue weighted by Gasteiger charge is -2.29. The molecule has 18 heteroatoms. The molecule has 2 amide bonds. The Morgan fingerprint density at radius 2 is 0.570 bits per heavy atom. The topological polar surface area (TPSA) is 204 Å². The number of amides is 2. The third kappa shape index (κ3) is 47.9. The van der Waals surface area contributed by atoms with E-state index in [1.54, 1.807) is 24.3 Å². The predicted octanol–water partition coefficient (Wildman–Crippen LogP) is 12.0. The van der Waals surface area contributed by atoms with Crippen LogP contribution in [0.1, 0.15) is 143 Å². The number of nitrogens with zero attached hydrogens (tertiary/aromatic N) is 2. The summed E-state index contributed by atoms with van der Waals surface area (Å²) in [7, 11) is 0. The molecule has 476 valence electrons. The van der Waals surface area contributed by atoms with Gasteiger partial charge in [0.1, 0.15) is 38.5 Å². The van der Waals surface area contributed by atoms with Crippen molar-refractivity contribution in [3.05, 3.63) is 146 Å². The van der Waals surface area contributed by atoms with Crippen LogP contribution in [0.3, 0.4) is 0 Å². The van der Waals surface area contributed by atoms with Gasteiger partial charge < -0.3 is 39.4 Å². The molecular formula is C68H100N4O12S2. The highest BCUT2D eigenvalue weighted by molar-refractivity contribution is 8.13. The maximum atomic E-state index is 13.2. The van der Waals surface area contributed by atoms with E-state index in [1.807, 2.05) is 58.4 Å². The molecule has 86 heavy (non-hydrogen) atoms. The molecule has 2 N–H and O–H groups in total. The monoisotopic (exact) mass is 1230 g/mol. The molecule has 1 heterocycles. The first-order valence-electron chi connectivity index (χ1n) is 30.7. The Bertz CT molecular complexity index is 2040. The summed E-state index contributed by atoms with van der Waals surface area (Å²) in [5.74, 6) is -2.24. The number of hydrogen-bond donors (Lipinski definition) is 2. The molecule has 1 aliphatic rings. The normalized spacial score (nSPS) is 15.2. The van der Waals surface area contributed by atoms with Gasteiger partial charge in [-0.1, -0.05) is 197 Å². The maximum absolute atomic E-state index is 13.2. The third-order valence-electron chi connectivity index (χ3n) is 12.4. The van der Waals surface area contributed by atoms with E-state index in [0.717, 1.165) is 101 Å². The number of esters is 4. The summed E-state index contributed by atoms with van der Waals surface area (Å²) in [5.41, 5.74) is 0. The summed E-state index contributed by atoms with van der Waals surface area (Å²) in [5, 5.41) is 4.50. The second-order valence-electron chi connectivity index (χ2n) is 19.6. The van der Waals surface area contributed by atoms with E-state index in [-0.39, 0.29) is 113 Å². The Morgan fingerprint density at radius 1 is 0.349 bits per heavy atom. The fourth-order valence-electron chi connectivity index (χ4n) is 7.62. The van der Waals surface area contributed by atoms with Crippen molar-refractivity contribution in [1.82, 2.24) is 20.4 Å². The maximum Gasteiger partial charge on any atom is 0.307 e. The number of carbonyl (C=O) groups is 8. The largest absolute Gasteiger partial charge is 0.461 e. The van der Waals surface area contributed by atoms with E-state index < -0.39 is 47.8 Å². The number of hydrogen-bond acceptors (Lipinski definition) is 16. The second-order valence-corrected chi connectivity index (χ2v) is 21.9. The minimum atomic E-state index is -1.14. The molecule has 0 aliphatic carbocycles. The number of thioether (sulfide) groups is 2. The summed E-state index contributed by atoms with van der Waals surface area (Å²) >= 11 is 1.94. The van der Waals surface area contributed by atoms with Crippen molar-refractivity contribution < 1.29 is 57.3 Å². The van der Waals surface area contributed by atoms with Gasteiger partial charge in [-0.2, -0.15) is 0 Å². The lowest BCUT2D eigenvalue weighted by Crippen LogP contribution is -2.62. The second kappa shape index (κ2) is 56.5. The highest BCUT2D eigenvalue weighted by Crippen LogP contribution is 2.16. The van der Waals surface area contributed by atoms with Gasteiger partial charge in [0.05, 0.1) is 25.7 Å². The van der Waals surface area contributed by atoms with Crippen LogP contribution in [0.5, 0.6) is 0 Å². The zero-order valence-corrected chi connectivity index (χ0v) is 53.5. The molecule has 1 aliphatic heterocycles. The van der Waals surface area contributed by atoms with Crippen molar-refractivity contribution >= 4 is 69.4 Å². The first-order valence-corrected chi connectivity index (χ1v) is 32.7. The number of ether oxygens (including phenoxy) is 4. The first-order chi connectivity index (χ1) is 41.9. The molecule has 2 atom stereocenters. The van der Waals surface area contributed by atoms with Crippen LogP contribution in [-0.2, 0) is 57.3 Å². The van der Waals surface area contributed by atoms with Gasteiger partial charge in [-0.25, -0.2) is 0 Å². The molecule has 16 nitrogen and oxygen atoms in total. The average molecular weight is 1230 g/mol. The number of allylic oxidation sites excluding steroid dienone is 20. The average Bonchev–Trinajstić information content (AvgIpc) is 3.68.